The van der Waals surface area contributed by atoms with E-state index in [0.29, 0.717) is 54.0 Å². The normalized spacial score (nSPS) is 12.7. The second kappa shape index (κ2) is 12.3. The maximum Gasteiger partial charge on any atom is 0.311 e. The molecule has 1 aliphatic heterocycles. The van der Waals surface area contributed by atoms with E-state index in [0.717, 1.165) is 0 Å². The zero-order chi connectivity index (χ0) is 26.9. The maximum atomic E-state index is 12.4. The Bertz CT molecular complexity index is 1370. The Balaban J connectivity index is 1.18. The van der Waals surface area contributed by atoms with E-state index in [2.05, 4.69) is 5.32 Å². The SMILES string of the molecule is N#C/C(=C\c1ccc(OC(=O)CCCCCN2C(=O)c3ccccc3C2=O)cc1)C(=O)NCc1ccco1. The van der Waals surface area contributed by atoms with Gasteiger partial charge in [-0.25, -0.2) is 0 Å². The van der Waals surface area contributed by atoms with Gasteiger partial charge in [0, 0.05) is 13.0 Å². The van der Waals surface area contributed by atoms with Gasteiger partial charge >= 0.3 is 5.97 Å². The average molecular weight is 512 g/mol. The Morgan fingerprint density at radius 3 is 2.29 bits per heavy atom. The summed E-state index contributed by atoms with van der Waals surface area (Å²) in [6.45, 7) is 0.477. The molecular formula is C29H25N3O6. The van der Waals surface area contributed by atoms with Crippen molar-refractivity contribution < 1.29 is 28.3 Å². The minimum Gasteiger partial charge on any atom is -0.467 e. The molecule has 38 heavy (non-hydrogen) atoms. The fourth-order valence-electron chi connectivity index (χ4n) is 3.96. The average Bonchev–Trinajstić information content (AvgIpc) is 3.54. The number of amides is 3. The van der Waals surface area contributed by atoms with Gasteiger partial charge in [0.05, 0.1) is 23.9 Å². The van der Waals surface area contributed by atoms with Crippen molar-refractivity contribution in [2.75, 3.05) is 6.54 Å². The Morgan fingerprint density at radius 2 is 1.66 bits per heavy atom. The van der Waals surface area contributed by atoms with Crippen LogP contribution in [-0.4, -0.2) is 35.1 Å². The molecule has 0 radical (unpaired) electrons. The van der Waals surface area contributed by atoms with Crippen LogP contribution in [0.1, 0.15) is 57.7 Å². The largest absolute Gasteiger partial charge is 0.467 e. The van der Waals surface area contributed by atoms with Gasteiger partial charge in [0.15, 0.2) is 0 Å². The monoisotopic (exact) mass is 511 g/mol. The summed E-state index contributed by atoms with van der Waals surface area (Å²) in [5.74, 6) is -0.561. The molecule has 1 aliphatic rings. The van der Waals surface area contributed by atoms with Crippen LogP contribution in [0.25, 0.3) is 6.08 Å². The zero-order valence-electron chi connectivity index (χ0n) is 20.5. The van der Waals surface area contributed by atoms with Gasteiger partial charge in [0.1, 0.15) is 23.2 Å². The molecule has 2 aromatic carbocycles. The second-order valence-corrected chi connectivity index (χ2v) is 8.59. The summed E-state index contributed by atoms with van der Waals surface area (Å²) in [5, 5.41) is 11.9. The molecule has 4 rings (SSSR count). The van der Waals surface area contributed by atoms with Crippen molar-refractivity contribution >= 4 is 29.8 Å². The highest BCUT2D eigenvalue weighted by atomic mass is 16.5. The topological polar surface area (TPSA) is 130 Å². The van der Waals surface area contributed by atoms with Crippen molar-refractivity contribution in [3.8, 4) is 11.8 Å². The van der Waals surface area contributed by atoms with Crippen LogP contribution in [0, 0.1) is 11.3 Å². The third kappa shape index (κ3) is 6.42. The number of nitrogens with one attached hydrogen (secondary N) is 1. The van der Waals surface area contributed by atoms with Gasteiger partial charge < -0.3 is 14.5 Å². The van der Waals surface area contributed by atoms with Crippen LogP contribution in [-0.2, 0) is 16.1 Å². The minimum absolute atomic E-state index is 0.0671. The number of furan rings is 1. The maximum absolute atomic E-state index is 12.4. The van der Waals surface area contributed by atoms with Crippen molar-refractivity contribution in [3.05, 3.63) is 95.0 Å². The smallest absolute Gasteiger partial charge is 0.311 e. The van der Waals surface area contributed by atoms with Gasteiger partial charge in [-0.2, -0.15) is 5.26 Å². The van der Waals surface area contributed by atoms with Crippen molar-refractivity contribution in [2.45, 2.75) is 32.2 Å². The number of fused-ring (bicyclic) bond motifs is 1. The standard InChI is InChI=1S/C29H25N3O6/c30-18-21(27(34)31-19-23-7-6-16-37-23)17-20-11-13-22(14-12-20)38-26(33)10-2-1-5-15-32-28(35)24-8-3-4-9-25(24)29(32)36/h3-4,6-9,11-14,16-17H,1-2,5,10,15,19H2,(H,31,34)/b21-17+. The molecule has 0 spiro atoms. The number of unbranched alkanes of at least 4 members (excludes halogenated alkanes) is 2. The van der Waals surface area contributed by atoms with Crippen LogP contribution in [0.3, 0.4) is 0 Å². The Kier molecular flexibility index (Phi) is 8.46. The van der Waals surface area contributed by atoms with Crippen LogP contribution in [0.15, 0.2) is 76.9 Å². The Morgan fingerprint density at radius 1 is 0.947 bits per heavy atom. The van der Waals surface area contributed by atoms with Crippen molar-refractivity contribution in [1.29, 1.82) is 5.26 Å². The summed E-state index contributed by atoms with van der Waals surface area (Å²) in [4.78, 5) is 50.4. The molecule has 2 heterocycles. The lowest BCUT2D eigenvalue weighted by Gasteiger charge is -2.13. The van der Waals surface area contributed by atoms with Gasteiger partial charge in [-0.1, -0.05) is 30.7 Å². The number of carbonyl (C=O) groups is 4. The van der Waals surface area contributed by atoms with Gasteiger partial charge in [0.2, 0.25) is 0 Å². The molecule has 1 N–H and O–H groups in total. The molecule has 3 aromatic rings. The fourth-order valence-corrected chi connectivity index (χ4v) is 3.96. The molecule has 0 atom stereocenters. The number of ether oxygens (including phenoxy) is 1. The van der Waals surface area contributed by atoms with Crippen LogP contribution < -0.4 is 10.1 Å². The predicted octanol–water partition coefficient (Wildman–Crippen LogP) is 4.26. The van der Waals surface area contributed by atoms with Crippen LogP contribution >= 0.6 is 0 Å². The van der Waals surface area contributed by atoms with E-state index in [1.807, 2.05) is 6.07 Å². The number of nitriles is 1. The molecular weight excluding hydrogens is 486 g/mol. The highest BCUT2D eigenvalue weighted by molar-refractivity contribution is 6.21. The quantitative estimate of drug-likeness (QED) is 0.102. The zero-order valence-corrected chi connectivity index (χ0v) is 20.5. The third-order valence-electron chi connectivity index (χ3n) is 5.93. The fraction of sp³-hybridized carbons (Fsp3) is 0.207. The highest BCUT2D eigenvalue weighted by Crippen LogP contribution is 2.23. The van der Waals surface area contributed by atoms with Gasteiger partial charge in [-0.15, -0.1) is 0 Å². The first-order valence-electron chi connectivity index (χ1n) is 12.1. The molecule has 3 amide bonds. The summed E-state index contributed by atoms with van der Waals surface area (Å²) in [5.41, 5.74) is 1.39. The lowest BCUT2D eigenvalue weighted by atomic mass is 10.1. The number of nitrogens with zero attached hydrogens (tertiary/aromatic N) is 2. The van der Waals surface area contributed by atoms with Gasteiger partial charge in [-0.05, 0) is 60.9 Å². The van der Waals surface area contributed by atoms with Crippen LogP contribution in [0.4, 0.5) is 0 Å². The number of hydrogen-bond acceptors (Lipinski definition) is 7. The Hall–Kier alpha value is -4.97. The minimum atomic E-state index is -0.526. The van der Waals surface area contributed by atoms with Crippen molar-refractivity contribution in [3.63, 3.8) is 0 Å². The predicted molar refractivity (Wildman–Crippen MR) is 136 cm³/mol. The van der Waals surface area contributed by atoms with E-state index in [9.17, 15) is 24.4 Å². The molecule has 0 aliphatic carbocycles. The first-order chi connectivity index (χ1) is 18.5. The first kappa shape index (κ1) is 26.1. The number of carbonyl (C=O) groups excluding carboxylic acids is 4. The van der Waals surface area contributed by atoms with Crippen LogP contribution in [0.2, 0.25) is 0 Å². The van der Waals surface area contributed by atoms with Crippen molar-refractivity contribution in [2.24, 2.45) is 0 Å². The number of rotatable bonds is 11. The first-order valence-corrected chi connectivity index (χ1v) is 12.1. The molecule has 0 saturated carbocycles. The van der Waals surface area contributed by atoms with E-state index < -0.39 is 11.9 Å². The summed E-state index contributed by atoms with van der Waals surface area (Å²) in [6, 6.07) is 18.5. The highest BCUT2D eigenvalue weighted by Gasteiger charge is 2.34. The van der Waals surface area contributed by atoms with Gasteiger partial charge in [-0.3, -0.25) is 24.1 Å². The van der Waals surface area contributed by atoms with E-state index in [4.69, 9.17) is 9.15 Å². The third-order valence-corrected chi connectivity index (χ3v) is 5.93. The summed E-state index contributed by atoms with van der Waals surface area (Å²) < 4.78 is 10.5. The molecule has 0 saturated heterocycles. The number of esters is 1. The summed E-state index contributed by atoms with van der Waals surface area (Å²) >= 11 is 0. The Labute approximate surface area is 219 Å². The molecule has 9 heteroatoms. The molecule has 192 valence electrons. The lowest BCUT2D eigenvalue weighted by molar-refractivity contribution is -0.134. The van der Waals surface area contributed by atoms with E-state index in [1.165, 1.54) is 17.2 Å². The number of imide groups is 1. The van der Waals surface area contributed by atoms with Crippen LogP contribution in [0.5, 0.6) is 5.75 Å². The number of benzene rings is 2. The molecule has 0 bridgehead atoms. The molecule has 0 fully saturated rings. The van der Waals surface area contributed by atoms with E-state index in [1.54, 1.807) is 60.7 Å². The van der Waals surface area contributed by atoms with Gasteiger partial charge in [0.25, 0.3) is 17.7 Å². The lowest BCUT2D eigenvalue weighted by Crippen LogP contribution is -2.30. The molecule has 1 aromatic heterocycles. The summed E-state index contributed by atoms with van der Waals surface area (Å²) in [6.07, 6.45) is 4.94. The molecule has 9 nitrogen and oxygen atoms in total. The number of hydrogen-bond donors (Lipinski definition) is 1. The molecule has 0 unspecified atom stereocenters. The van der Waals surface area contributed by atoms with Crippen molar-refractivity contribution in [1.82, 2.24) is 10.2 Å². The second-order valence-electron chi connectivity index (χ2n) is 8.59. The van der Waals surface area contributed by atoms with E-state index in [-0.39, 0.29) is 30.4 Å². The van der Waals surface area contributed by atoms with E-state index >= 15 is 0 Å². The summed E-state index contributed by atoms with van der Waals surface area (Å²) in [7, 11) is 0.